The Morgan fingerprint density at radius 2 is 2.00 bits per heavy atom. The number of carbonyl (C=O) groups is 1. The minimum absolute atomic E-state index is 0.162. The number of hydroxylamine groups is 2. The molecule has 100 valence electrons. The van der Waals surface area contributed by atoms with Gasteiger partial charge in [-0.1, -0.05) is 25.1 Å². The summed E-state index contributed by atoms with van der Waals surface area (Å²) in [5, 5.41) is 1.34. The van der Waals surface area contributed by atoms with Crippen LogP contribution in [0.25, 0.3) is 0 Å². The van der Waals surface area contributed by atoms with E-state index in [-0.39, 0.29) is 5.91 Å². The first-order valence-corrected chi connectivity index (χ1v) is 6.33. The minimum atomic E-state index is -0.162. The summed E-state index contributed by atoms with van der Waals surface area (Å²) in [5.41, 5.74) is 0.602. The smallest absolute Gasteiger partial charge is 0.277 e. The molecule has 1 aromatic carbocycles. The highest BCUT2D eigenvalue weighted by atomic mass is 16.7. The summed E-state index contributed by atoms with van der Waals surface area (Å²) in [7, 11) is 0. The molecule has 19 heavy (non-hydrogen) atoms. The van der Waals surface area contributed by atoms with Crippen molar-refractivity contribution in [2.45, 2.75) is 19.9 Å². The van der Waals surface area contributed by atoms with Crippen LogP contribution < -0.4 is 0 Å². The van der Waals surface area contributed by atoms with E-state index in [0.29, 0.717) is 24.5 Å². The van der Waals surface area contributed by atoms with Gasteiger partial charge in [0, 0.05) is 5.56 Å². The Hall–Kier alpha value is -2.07. The van der Waals surface area contributed by atoms with Gasteiger partial charge in [-0.15, -0.1) is 0 Å². The lowest BCUT2D eigenvalue weighted by atomic mass is 10.2. The second-order valence-electron chi connectivity index (χ2n) is 4.12. The van der Waals surface area contributed by atoms with Gasteiger partial charge in [-0.3, -0.25) is 9.63 Å². The first-order chi connectivity index (χ1) is 9.31. The van der Waals surface area contributed by atoms with Crippen molar-refractivity contribution in [1.29, 1.82) is 0 Å². The number of amides is 1. The second kappa shape index (κ2) is 6.75. The van der Waals surface area contributed by atoms with Gasteiger partial charge in [0.2, 0.25) is 0 Å². The fourth-order valence-electron chi connectivity index (χ4n) is 1.65. The van der Waals surface area contributed by atoms with Crippen LogP contribution in [0, 0.1) is 0 Å². The van der Waals surface area contributed by atoms with Crippen molar-refractivity contribution >= 4 is 5.91 Å². The zero-order chi connectivity index (χ0) is 13.5. The van der Waals surface area contributed by atoms with Gasteiger partial charge in [0.05, 0.1) is 12.9 Å². The van der Waals surface area contributed by atoms with Crippen molar-refractivity contribution in [3.05, 3.63) is 60.1 Å². The number of carbonyl (C=O) groups excluding carboxylic acids is 1. The van der Waals surface area contributed by atoms with Crippen LogP contribution in [0.2, 0.25) is 0 Å². The number of nitrogens with zero attached hydrogens (tertiary/aromatic N) is 1. The average molecular weight is 259 g/mol. The molecule has 1 heterocycles. The standard InChI is InChI=1S/C15H17NO3/c1-2-10-19-16(12-14-9-6-11-18-14)15(17)13-7-4-3-5-8-13/h3-9,11H,2,10,12H2,1H3. The summed E-state index contributed by atoms with van der Waals surface area (Å²) < 4.78 is 5.26. The maximum Gasteiger partial charge on any atom is 0.277 e. The third kappa shape index (κ3) is 3.69. The van der Waals surface area contributed by atoms with Crippen LogP contribution in [-0.2, 0) is 11.4 Å². The lowest BCUT2D eigenvalue weighted by Crippen LogP contribution is -2.31. The van der Waals surface area contributed by atoms with Gasteiger partial charge in [0.1, 0.15) is 12.3 Å². The lowest BCUT2D eigenvalue weighted by Gasteiger charge is -2.20. The number of rotatable bonds is 6. The Labute approximate surface area is 112 Å². The molecule has 1 aromatic heterocycles. The SMILES string of the molecule is CCCON(Cc1ccco1)C(=O)c1ccccc1. The van der Waals surface area contributed by atoms with E-state index in [9.17, 15) is 4.79 Å². The maximum absolute atomic E-state index is 12.3. The zero-order valence-corrected chi connectivity index (χ0v) is 10.9. The van der Waals surface area contributed by atoms with Gasteiger partial charge in [-0.25, -0.2) is 5.06 Å². The molecule has 0 saturated heterocycles. The van der Waals surface area contributed by atoms with E-state index in [1.165, 1.54) is 5.06 Å². The molecule has 0 N–H and O–H groups in total. The van der Waals surface area contributed by atoms with Crippen molar-refractivity contribution in [2.24, 2.45) is 0 Å². The van der Waals surface area contributed by atoms with Gasteiger partial charge in [0.25, 0.3) is 5.91 Å². The Bertz CT molecular complexity index is 493. The van der Waals surface area contributed by atoms with E-state index in [1.54, 1.807) is 24.5 Å². The van der Waals surface area contributed by atoms with Gasteiger partial charge >= 0.3 is 0 Å². The largest absolute Gasteiger partial charge is 0.467 e. The van der Waals surface area contributed by atoms with Crippen LogP contribution in [0.15, 0.2) is 53.1 Å². The van der Waals surface area contributed by atoms with Crippen molar-refractivity contribution in [2.75, 3.05) is 6.61 Å². The normalized spacial score (nSPS) is 10.4. The molecule has 0 saturated carbocycles. The topological polar surface area (TPSA) is 42.7 Å². The first-order valence-electron chi connectivity index (χ1n) is 6.33. The molecule has 2 aromatic rings. The molecule has 0 aliphatic rings. The fraction of sp³-hybridized carbons (Fsp3) is 0.267. The Morgan fingerprint density at radius 3 is 2.63 bits per heavy atom. The summed E-state index contributed by atoms with van der Waals surface area (Å²) >= 11 is 0. The van der Waals surface area contributed by atoms with E-state index < -0.39 is 0 Å². The molecule has 4 heteroatoms. The summed E-state index contributed by atoms with van der Waals surface area (Å²) in [6.45, 7) is 2.80. The average Bonchev–Trinajstić information content (AvgIpc) is 2.96. The Balaban J connectivity index is 2.10. The molecule has 0 aliphatic carbocycles. The van der Waals surface area contributed by atoms with E-state index >= 15 is 0 Å². The third-order valence-electron chi connectivity index (χ3n) is 2.58. The van der Waals surface area contributed by atoms with E-state index in [0.717, 1.165) is 6.42 Å². The highest BCUT2D eigenvalue weighted by Gasteiger charge is 2.17. The maximum atomic E-state index is 12.3. The monoisotopic (exact) mass is 259 g/mol. The molecule has 0 radical (unpaired) electrons. The Kier molecular flexibility index (Phi) is 4.75. The minimum Gasteiger partial charge on any atom is -0.467 e. The summed E-state index contributed by atoms with van der Waals surface area (Å²) in [5.74, 6) is 0.533. The van der Waals surface area contributed by atoms with Crippen molar-refractivity contribution in [1.82, 2.24) is 5.06 Å². The highest BCUT2D eigenvalue weighted by Crippen LogP contribution is 2.11. The summed E-state index contributed by atoms with van der Waals surface area (Å²) in [6.07, 6.45) is 2.43. The highest BCUT2D eigenvalue weighted by molar-refractivity contribution is 5.93. The number of furan rings is 1. The number of benzene rings is 1. The summed E-state index contributed by atoms with van der Waals surface area (Å²) in [4.78, 5) is 17.8. The first kappa shape index (κ1) is 13.4. The van der Waals surface area contributed by atoms with Crippen LogP contribution in [0.4, 0.5) is 0 Å². The fourth-order valence-corrected chi connectivity index (χ4v) is 1.65. The summed E-state index contributed by atoms with van der Waals surface area (Å²) in [6, 6.07) is 12.7. The van der Waals surface area contributed by atoms with Crippen molar-refractivity contribution in [3.63, 3.8) is 0 Å². The van der Waals surface area contributed by atoms with Crippen LogP contribution in [0.3, 0.4) is 0 Å². The Morgan fingerprint density at radius 1 is 1.21 bits per heavy atom. The number of hydrogen-bond donors (Lipinski definition) is 0. The molecule has 0 atom stereocenters. The molecule has 0 fully saturated rings. The molecular formula is C15H17NO3. The van der Waals surface area contributed by atoms with Gasteiger partial charge in [-0.2, -0.15) is 0 Å². The molecule has 0 unspecified atom stereocenters. The van der Waals surface area contributed by atoms with Gasteiger partial charge in [0.15, 0.2) is 0 Å². The predicted molar refractivity (Wildman–Crippen MR) is 71.3 cm³/mol. The quantitative estimate of drug-likeness (QED) is 0.748. The lowest BCUT2D eigenvalue weighted by molar-refractivity contribution is -0.132. The molecule has 2 rings (SSSR count). The van der Waals surface area contributed by atoms with Crippen LogP contribution >= 0.6 is 0 Å². The van der Waals surface area contributed by atoms with Crippen LogP contribution in [-0.4, -0.2) is 17.6 Å². The molecule has 1 amide bonds. The number of hydrogen-bond acceptors (Lipinski definition) is 3. The van der Waals surface area contributed by atoms with Crippen LogP contribution in [0.5, 0.6) is 0 Å². The zero-order valence-electron chi connectivity index (χ0n) is 10.9. The van der Waals surface area contributed by atoms with Crippen molar-refractivity contribution < 1.29 is 14.0 Å². The molecule has 0 spiro atoms. The van der Waals surface area contributed by atoms with Gasteiger partial charge in [-0.05, 0) is 30.7 Å². The predicted octanol–water partition coefficient (Wildman–Crippen LogP) is 3.26. The third-order valence-corrected chi connectivity index (χ3v) is 2.58. The van der Waals surface area contributed by atoms with Crippen LogP contribution in [0.1, 0.15) is 29.5 Å². The van der Waals surface area contributed by atoms with E-state index in [4.69, 9.17) is 9.25 Å². The van der Waals surface area contributed by atoms with Crippen molar-refractivity contribution in [3.8, 4) is 0 Å². The van der Waals surface area contributed by atoms with Gasteiger partial charge < -0.3 is 4.42 Å². The molecular weight excluding hydrogens is 242 g/mol. The molecule has 4 nitrogen and oxygen atoms in total. The molecule has 0 bridgehead atoms. The van der Waals surface area contributed by atoms with E-state index in [1.807, 2.05) is 31.2 Å². The second-order valence-corrected chi connectivity index (χ2v) is 4.12. The van der Waals surface area contributed by atoms with E-state index in [2.05, 4.69) is 0 Å². The molecule has 0 aliphatic heterocycles.